The number of rotatable bonds is 3. The molecular formula is C12H16N2O. The van der Waals surface area contributed by atoms with Crippen molar-refractivity contribution >= 4 is 0 Å². The second kappa shape index (κ2) is 4.45. The largest absolute Gasteiger partial charge is 0.506 e. The second-order valence-corrected chi connectivity index (χ2v) is 3.94. The Morgan fingerprint density at radius 3 is 2.87 bits per heavy atom. The Kier molecular flexibility index (Phi) is 3.02. The van der Waals surface area contributed by atoms with Gasteiger partial charge in [-0.3, -0.25) is 4.98 Å². The van der Waals surface area contributed by atoms with Crippen molar-refractivity contribution in [1.82, 2.24) is 10.3 Å². The lowest BCUT2D eigenvalue weighted by Crippen LogP contribution is -2.26. The van der Waals surface area contributed by atoms with E-state index in [1.54, 1.807) is 6.07 Å². The highest BCUT2D eigenvalue weighted by molar-refractivity contribution is 5.27. The van der Waals surface area contributed by atoms with E-state index in [0.717, 1.165) is 24.2 Å². The van der Waals surface area contributed by atoms with Crippen LogP contribution in [0.15, 0.2) is 24.3 Å². The Morgan fingerprint density at radius 1 is 1.40 bits per heavy atom. The molecule has 0 aromatic carbocycles. The van der Waals surface area contributed by atoms with Crippen LogP contribution in [0.2, 0.25) is 0 Å². The molecule has 1 aliphatic rings. The predicted octanol–water partition coefficient (Wildman–Crippen LogP) is 1.90. The molecule has 0 unspecified atom stereocenters. The predicted molar refractivity (Wildman–Crippen MR) is 59.6 cm³/mol. The molecule has 3 heteroatoms. The van der Waals surface area contributed by atoms with Crippen LogP contribution in [0.25, 0.3) is 0 Å². The number of hydrogen-bond acceptors (Lipinski definition) is 3. The zero-order chi connectivity index (χ0) is 10.7. The minimum atomic E-state index is 0.277. The van der Waals surface area contributed by atoms with Gasteiger partial charge in [0.2, 0.25) is 0 Å². The van der Waals surface area contributed by atoms with E-state index in [0.29, 0.717) is 12.6 Å². The van der Waals surface area contributed by atoms with Crippen LogP contribution in [0.1, 0.15) is 24.2 Å². The fourth-order valence-corrected chi connectivity index (χ4v) is 1.76. The van der Waals surface area contributed by atoms with Gasteiger partial charge in [0.15, 0.2) is 0 Å². The molecule has 0 amide bonds. The maximum atomic E-state index is 9.59. The van der Waals surface area contributed by atoms with Crippen LogP contribution < -0.4 is 5.32 Å². The number of pyridine rings is 1. The van der Waals surface area contributed by atoms with E-state index in [9.17, 15) is 5.11 Å². The molecule has 0 saturated heterocycles. The lowest BCUT2D eigenvalue weighted by atomic mass is 10.2. The van der Waals surface area contributed by atoms with Gasteiger partial charge in [-0.15, -0.1) is 0 Å². The van der Waals surface area contributed by atoms with Gasteiger partial charge in [0.25, 0.3) is 0 Å². The SMILES string of the molecule is Cc1ccc(O)c(CNC2CC=CC2)n1. The molecule has 0 spiro atoms. The fraction of sp³-hybridized carbons (Fsp3) is 0.417. The first-order valence-electron chi connectivity index (χ1n) is 5.29. The van der Waals surface area contributed by atoms with Crippen molar-refractivity contribution in [3.05, 3.63) is 35.7 Å². The third kappa shape index (κ3) is 2.57. The number of aromatic hydroxyl groups is 1. The van der Waals surface area contributed by atoms with Gasteiger partial charge >= 0.3 is 0 Å². The van der Waals surface area contributed by atoms with Crippen molar-refractivity contribution < 1.29 is 5.11 Å². The van der Waals surface area contributed by atoms with Crippen LogP contribution in [0, 0.1) is 6.92 Å². The number of hydrogen-bond donors (Lipinski definition) is 2. The molecule has 80 valence electrons. The summed E-state index contributed by atoms with van der Waals surface area (Å²) in [5.41, 5.74) is 1.68. The van der Waals surface area contributed by atoms with Gasteiger partial charge < -0.3 is 10.4 Å². The summed E-state index contributed by atoms with van der Waals surface area (Å²) < 4.78 is 0. The van der Waals surface area contributed by atoms with E-state index in [-0.39, 0.29) is 5.75 Å². The standard InChI is InChI=1S/C12H16N2O/c1-9-6-7-12(15)11(14-9)8-13-10-4-2-3-5-10/h2-3,6-7,10,13,15H,4-5,8H2,1H3. The highest BCUT2D eigenvalue weighted by Crippen LogP contribution is 2.16. The minimum Gasteiger partial charge on any atom is -0.506 e. The maximum Gasteiger partial charge on any atom is 0.138 e. The molecule has 2 N–H and O–H groups in total. The maximum absolute atomic E-state index is 9.59. The molecule has 1 aromatic heterocycles. The third-order valence-corrected chi connectivity index (χ3v) is 2.66. The number of aryl methyl sites for hydroxylation is 1. The van der Waals surface area contributed by atoms with Crippen molar-refractivity contribution in [3.63, 3.8) is 0 Å². The monoisotopic (exact) mass is 204 g/mol. The quantitative estimate of drug-likeness (QED) is 0.739. The molecular weight excluding hydrogens is 188 g/mol. The highest BCUT2D eigenvalue weighted by atomic mass is 16.3. The molecule has 0 saturated carbocycles. The van der Waals surface area contributed by atoms with E-state index in [2.05, 4.69) is 22.5 Å². The molecule has 0 atom stereocenters. The third-order valence-electron chi connectivity index (χ3n) is 2.66. The summed E-state index contributed by atoms with van der Waals surface area (Å²) in [6, 6.07) is 4.02. The fourth-order valence-electron chi connectivity index (χ4n) is 1.76. The topological polar surface area (TPSA) is 45.1 Å². The van der Waals surface area contributed by atoms with E-state index in [1.807, 2.05) is 13.0 Å². The average Bonchev–Trinajstić information content (AvgIpc) is 2.72. The summed E-state index contributed by atoms with van der Waals surface area (Å²) in [4.78, 5) is 4.30. The Bertz CT molecular complexity index is 366. The second-order valence-electron chi connectivity index (χ2n) is 3.94. The lowest BCUT2D eigenvalue weighted by Gasteiger charge is -2.12. The van der Waals surface area contributed by atoms with Crippen molar-refractivity contribution in [3.8, 4) is 5.75 Å². The molecule has 0 fully saturated rings. The minimum absolute atomic E-state index is 0.277. The van der Waals surface area contributed by atoms with E-state index < -0.39 is 0 Å². The van der Waals surface area contributed by atoms with Gasteiger partial charge in [0.05, 0.1) is 5.69 Å². The summed E-state index contributed by atoms with van der Waals surface area (Å²) in [6.07, 6.45) is 6.52. The molecule has 1 aliphatic carbocycles. The average molecular weight is 204 g/mol. The number of nitrogens with zero attached hydrogens (tertiary/aromatic N) is 1. The van der Waals surface area contributed by atoms with E-state index >= 15 is 0 Å². The molecule has 2 rings (SSSR count). The molecule has 3 nitrogen and oxygen atoms in total. The summed E-state index contributed by atoms with van der Waals surface area (Å²) in [5.74, 6) is 0.277. The molecule has 0 bridgehead atoms. The normalized spacial score (nSPS) is 16.1. The van der Waals surface area contributed by atoms with Gasteiger partial charge in [-0.2, -0.15) is 0 Å². The summed E-state index contributed by atoms with van der Waals surface area (Å²) in [7, 11) is 0. The van der Waals surface area contributed by atoms with E-state index in [4.69, 9.17) is 0 Å². The summed E-state index contributed by atoms with van der Waals surface area (Å²) in [5, 5.41) is 13.0. The van der Waals surface area contributed by atoms with Gasteiger partial charge in [-0.05, 0) is 31.9 Å². The van der Waals surface area contributed by atoms with Crippen LogP contribution in [0.4, 0.5) is 0 Å². The first kappa shape index (κ1) is 10.2. The molecule has 15 heavy (non-hydrogen) atoms. The zero-order valence-electron chi connectivity index (χ0n) is 8.90. The van der Waals surface area contributed by atoms with Crippen LogP contribution >= 0.6 is 0 Å². The van der Waals surface area contributed by atoms with Gasteiger partial charge in [-0.25, -0.2) is 0 Å². The van der Waals surface area contributed by atoms with E-state index in [1.165, 1.54) is 0 Å². The molecule has 0 aliphatic heterocycles. The molecule has 1 aromatic rings. The molecule has 1 heterocycles. The number of nitrogens with one attached hydrogen (secondary N) is 1. The van der Waals surface area contributed by atoms with Gasteiger partial charge in [0.1, 0.15) is 5.75 Å². The summed E-state index contributed by atoms with van der Waals surface area (Å²) in [6.45, 7) is 2.57. The van der Waals surface area contributed by atoms with Crippen LogP contribution in [-0.2, 0) is 6.54 Å². The Hall–Kier alpha value is -1.35. The van der Waals surface area contributed by atoms with Crippen LogP contribution in [0.3, 0.4) is 0 Å². The summed E-state index contributed by atoms with van der Waals surface area (Å²) >= 11 is 0. The van der Waals surface area contributed by atoms with Crippen molar-refractivity contribution in [2.24, 2.45) is 0 Å². The number of aromatic nitrogens is 1. The highest BCUT2D eigenvalue weighted by Gasteiger charge is 2.10. The lowest BCUT2D eigenvalue weighted by molar-refractivity contribution is 0.451. The van der Waals surface area contributed by atoms with Gasteiger partial charge in [-0.1, -0.05) is 12.2 Å². The van der Waals surface area contributed by atoms with Gasteiger partial charge in [0, 0.05) is 18.3 Å². The zero-order valence-corrected chi connectivity index (χ0v) is 8.90. The van der Waals surface area contributed by atoms with Crippen LogP contribution in [0.5, 0.6) is 5.75 Å². The Labute approximate surface area is 89.9 Å². The Balaban J connectivity index is 1.95. The van der Waals surface area contributed by atoms with Crippen molar-refractivity contribution in [2.75, 3.05) is 0 Å². The first-order chi connectivity index (χ1) is 7.25. The van der Waals surface area contributed by atoms with Crippen LogP contribution in [-0.4, -0.2) is 16.1 Å². The first-order valence-corrected chi connectivity index (χ1v) is 5.29. The Morgan fingerprint density at radius 2 is 2.13 bits per heavy atom. The molecule has 0 radical (unpaired) electrons. The van der Waals surface area contributed by atoms with Crippen molar-refractivity contribution in [1.29, 1.82) is 0 Å². The smallest absolute Gasteiger partial charge is 0.138 e. The van der Waals surface area contributed by atoms with Crippen molar-refractivity contribution in [2.45, 2.75) is 32.4 Å².